The van der Waals surface area contributed by atoms with Gasteiger partial charge in [-0.05, 0) is 44.7 Å². The zero-order valence-corrected chi connectivity index (χ0v) is 13.4. The van der Waals surface area contributed by atoms with E-state index in [1.54, 1.807) is 20.8 Å². The molecule has 0 saturated heterocycles. The molecule has 0 aliphatic carbocycles. The molecule has 0 saturated carbocycles. The summed E-state index contributed by atoms with van der Waals surface area (Å²) >= 11 is 0. The van der Waals surface area contributed by atoms with Crippen molar-refractivity contribution in [2.45, 2.75) is 47.5 Å². The summed E-state index contributed by atoms with van der Waals surface area (Å²) < 4.78 is 10.2. The van der Waals surface area contributed by atoms with Crippen molar-refractivity contribution in [2.75, 3.05) is 13.2 Å². The van der Waals surface area contributed by atoms with Crippen LogP contribution in [0.5, 0.6) is 0 Å². The summed E-state index contributed by atoms with van der Waals surface area (Å²) in [6.45, 7) is 9.72. The molecule has 0 N–H and O–H groups in total. The number of rotatable bonds is 6. The molecule has 0 spiro atoms. The molecular formula is C16H23NO4. The van der Waals surface area contributed by atoms with Crippen LogP contribution in [0, 0.1) is 6.92 Å². The van der Waals surface area contributed by atoms with Gasteiger partial charge in [-0.3, -0.25) is 0 Å². The summed E-state index contributed by atoms with van der Waals surface area (Å²) in [7, 11) is 0. The van der Waals surface area contributed by atoms with Crippen molar-refractivity contribution in [3.05, 3.63) is 28.1 Å². The molecule has 0 aliphatic rings. The molecule has 1 rings (SSSR count). The second kappa shape index (κ2) is 7.76. The molecule has 0 bridgehead atoms. The van der Waals surface area contributed by atoms with E-state index in [9.17, 15) is 9.59 Å². The second-order valence-electron chi connectivity index (χ2n) is 4.53. The number of esters is 2. The number of carbonyl (C=O) groups excluding carboxylic acids is 2. The minimum atomic E-state index is -0.442. The number of hydrogen-bond acceptors (Lipinski definition) is 5. The first-order chi connectivity index (χ1) is 10.0. The highest BCUT2D eigenvalue weighted by Crippen LogP contribution is 2.23. The Labute approximate surface area is 125 Å². The first-order valence-electron chi connectivity index (χ1n) is 7.38. The third-order valence-corrected chi connectivity index (χ3v) is 3.25. The number of ether oxygens (including phenoxy) is 2. The molecule has 1 heterocycles. The lowest BCUT2D eigenvalue weighted by atomic mass is 9.94. The number of aromatic nitrogens is 1. The van der Waals surface area contributed by atoms with Crippen LogP contribution in [0.1, 0.15) is 65.4 Å². The van der Waals surface area contributed by atoms with Crippen molar-refractivity contribution >= 4 is 11.9 Å². The molecular weight excluding hydrogens is 270 g/mol. The van der Waals surface area contributed by atoms with E-state index in [2.05, 4.69) is 4.98 Å². The predicted octanol–water partition coefficient (Wildman–Crippen LogP) is 2.87. The first-order valence-corrected chi connectivity index (χ1v) is 7.38. The van der Waals surface area contributed by atoms with Crippen LogP contribution >= 0.6 is 0 Å². The van der Waals surface area contributed by atoms with E-state index in [0.29, 0.717) is 43.0 Å². The van der Waals surface area contributed by atoms with Crippen LogP contribution in [-0.4, -0.2) is 30.1 Å². The van der Waals surface area contributed by atoms with Crippen LogP contribution in [0.15, 0.2) is 0 Å². The van der Waals surface area contributed by atoms with Crippen LogP contribution in [-0.2, 0) is 22.3 Å². The molecule has 21 heavy (non-hydrogen) atoms. The van der Waals surface area contributed by atoms with Crippen molar-refractivity contribution in [3.8, 4) is 0 Å². The summed E-state index contributed by atoms with van der Waals surface area (Å²) in [5, 5.41) is 0. The van der Waals surface area contributed by atoms with Gasteiger partial charge in [-0.15, -0.1) is 0 Å². The Balaban J connectivity index is 3.50. The molecule has 0 fully saturated rings. The standard InChI is InChI=1S/C16H23NO4/c1-6-11-12(7-2)14(16(19)21-9-4)17-10(5)13(11)15(18)20-8-3/h6-9H2,1-5H3. The Kier molecular flexibility index (Phi) is 6.34. The number of nitrogens with zero attached hydrogens (tertiary/aromatic N) is 1. The maximum absolute atomic E-state index is 12.1. The minimum absolute atomic E-state index is 0.295. The monoisotopic (exact) mass is 293 g/mol. The van der Waals surface area contributed by atoms with Gasteiger partial charge in [0.1, 0.15) is 0 Å². The Morgan fingerprint density at radius 2 is 1.43 bits per heavy atom. The van der Waals surface area contributed by atoms with Crippen LogP contribution in [0.4, 0.5) is 0 Å². The molecule has 0 atom stereocenters. The summed E-state index contributed by atoms with van der Waals surface area (Å²) in [6, 6.07) is 0. The van der Waals surface area contributed by atoms with Gasteiger partial charge in [0.2, 0.25) is 0 Å². The molecule has 5 heteroatoms. The van der Waals surface area contributed by atoms with Gasteiger partial charge in [-0.25, -0.2) is 14.6 Å². The van der Waals surface area contributed by atoms with Crippen LogP contribution in [0.2, 0.25) is 0 Å². The highest BCUT2D eigenvalue weighted by atomic mass is 16.5. The van der Waals surface area contributed by atoms with Gasteiger partial charge in [-0.1, -0.05) is 13.8 Å². The van der Waals surface area contributed by atoms with Crippen molar-refractivity contribution in [3.63, 3.8) is 0 Å². The van der Waals surface area contributed by atoms with Crippen molar-refractivity contribution < 1.29 is 19.1 Å². The van der Waals surface area contributed by atoms with Gasteiger partial charge in [0, 0.05) is 0 Å². The Morgan fingerprint density at radius 1 is 0.905 bits per heavy atom. The Hall–Kier alpha value is -1.91. The van der Waals surface area contributed by atoms with Crippen LogP contribution in [0.3, 0.4) is 0 Å². The zero-order chi connectivity index (χ0) is 16.0. The maximum Gasteiger partial charge on any atom is 0.357 e. The lowest BCUT2D eigenvalue weighted by Crippen LogP contribution is -2.19. The molecule has 1 aromatic rings. The van der Waals surface area contributed by atoms with Crippen LogP contribution in [0.25, 0.3) is 0 Å². The molecule has 0 amide bonds. The van der Waals surface area contributed by atoms with E-state index >= 15 is 0 Å². The normalized spacial score (nSPS) is 10.3. The summed E-state index contributed by atoms with van der Waals surface area (Å²) in [6.07, 6.45) is 1.24. The van der Waals surface area contributed by atoms with E-state index in [4.69, 9.17) is 9.47 Å². The van der Waals surface area contributed by atoms with Crippen molar-refractivity contribution in [1.82, 2.24) is 4.98 Å². The number of carbonyl (C=O) groups is 2. The molecule has 0 radical (unpaired) electrons. The third kappa shape index (κ3) is 3.60. The van der Waals surface area contributed by atoms with Gasteiger partial charge in [0.15, 0.2) is 5.69 Å². The SMILES string of the molecule is CCOC(=O)c1nc(C)c(C(=O)OCC)c(CC)c1CC. The smallest absolute Gasteiger partial charge is 0.357 e. The van der Waals surface area contributed by atoms with Gasteiger partial charge in [0.25, 0.3) is 0 Å². The largest absolute Gasteiger partial charge is 0.462 e. The average Bonchev–Trinajstić information content (AvgIpc) is 2.46. The topological polar surface area (TPSA) is 65.5 Å². The van der Waals surface area contributed by atoms with Crippen molar-refractivity contribution in [2.24, 2.45) is 0 Å². The van der Waals surface area contributed by atoms with E-state index < -0.39 is 5.97 Å². The Morgan fingerprint density at radius 3 is 1.90 bits per heavy atom. The van der Waals surface area contributed by atoms with Crippen LogP contribution < -0.4 is 0 Å². The first kappa shape index (κ1) is 17.1. The van der Waals surface area contributed by atoms with Gasteiger partial charge in [0.05, 0.1) is 24.5 Å². The zero-order valence-electron chi connectivity index (χ0n) is 13.4. The predicted molar refractivity (Wildman–Crippen MR) is 79.6 cm³/mol. The lowest BCUT2D eigenvalue weighted by Gasteiger charge is -2.17. The fourth-order valence-electron chi connectivity index (χ4n) is 2.42. The summed E-state index contributed by atoms with van der Waals surface area (Å²) in [5.41, 5.74) is 2.88. The second-order valence-corrected chi connectivity index (χ2v) is 4.53. The number of hydrogen-bond donors (Lipinski definition) is 0. The lowest BCUT2D eigenvalue weighted by molar-refractivity contribution is 0.0502. The van der Waals surface area contributed by atoms with Gasteiger partial charge in [-0.2, -0.15) is 0 Å². The van der Waals surface area contributed by atoms with E-state index in [0.717, 1.165) is 11.1 Å². The van der Waals surface area contributed by atoms with E-state index in [1.807, 2.05) is 13.8 Å². The molecule has 1 aromatic heterocycles. The number of aryl methyl sites for hydroxylation is 1. The third-order valence-electron chi connectivity index (χ3n) is 3.25. The highest BCUT2D eigenvalue weighted by Gasteiger charge is 2.25. The molecule has 0 unspecified atom stereocenters. The number of pyridine rings is 1. The van der Waals surface area contributed by atoms with Crippen molar-refractivity contribution in [1.29, 1.82) is 0 Å². The summed E-state index contributed by atoms with van der Waals surface area (Å²) in [5.74, 6) is -0.827. The van der Waals surface area contributed by atoms with Gasteiger partial charge >= 0.3 is 11.9 Å². The summed E-state index contributed by atoms with van der Waals surface area (Å²) in [4.78, 5) is 28.5. The molecule has 0 aliphatic heterocycles. The Bertz CT molecular complexity index is 538. The fourth-order valence-corrected chi connectivity index (χ4v) is 2.42. The van der Waals surface area contributed by atoms with Gasteiger partial charge < -0.3 is 9.47 Å². The minimum Gasteiger partial charge on any atom is -0.462 e. The van der Waals surface area contributed by atoms with E-state index in [1.165, 1.54) is 0 Å². The molecule has 116 valence electrons. The highest BCUT2D eigenvalue weighted by molar-refractivity contribution is 5.96. The molecule has 0 aromatic carbocycles. The fraction of sp³-hybridized carbons (Fsp3) is 0.562. The molecule has 5 nitrogen and oxygen atoms in total. The maximum atomic E-state index is 12.1. The average molecular weight is 293 g/mol. The quantitative estimate of drug-likeness (QED) is 0.754. The van der Waals surface area contributed by atoms with E-state index in [-0.39, 0.29) is 5.97 Å².